The van der Waals surface area contributed by atoms with E-state index in [1.54, 1.807) is 59.7 Å². The van der Waals surface area contributed by atoms with Crippen LogP contribution in [-0.2, 0) is 36.7 Å². The fraction of sp³-hybridized carbons (Fsp3) is 0.463. The summed E-state index contributed by atoms with van der Waals surface area (Å²) in [5.41, 5.74) is 1.30. The minimum Gasteiger partial charge on any atom is -0.508 e. The number of esters is 1. The van der Waals surface area contributed by atoms with Gasteiger partial charge in [0.15, 0.2) is 0 Å². The number of nitrogens with one attached hydrogen (secondary N) is 2. The molecule has 276 valence electrons. The summed E-state index contributed by atoms with van der Waals surface area (Å²) < 4.78 is 11.3. The Hall–Kier alpha value is -4.86. The van der Waals surface area contributed by atoms with Crippen LogP contribution in [0, 0.1) is 13.8 Å². The molecule has 3 N–H and O–H groups in total. The highest BCUT2D eigenvalue weighted by Gasteiger charge is 2.43. The molecule has 3 amide bonds. The van der Waals surface area contributed by atoms with Gasteiger partial charge >= 0.3 is 12.1 Å². The van der Waals surface area contributed by atoms with Gasteiger partial charge in [0.05, 0.1) is 0 Å². The van der Waals surface area contributed by atoms with Gasteiger partial charge in [0.25, 0.3) is 0 Å². The van der Waals surface area contributed by atoms with Crippen molar-refractivity contribution in [3.8, 4) is 5.75 Å². The van der Waals surface area contributed by atoms with Crippen molar-refractivity contribution in [3.05, 3.63) is 101 Å². The van der Waals surface area contributed by atoms with E-state index in [2.05, 4.69) is 10.6 Å². The number of aryl methyl sites for hydroxylation is 2. The lowest BCUT2D eigenvalue weighted by molar-refractivity contribution is -0.159. The number of aromatic hydroxyl groups is 1. The topological polar surface area (TPSA) is 134 Å². The number of carbonyl (C=O) groups is 4. The van der Waals surface area contributed by atoms with E-state index in [0.29, 0.717) is 11.1 Å². The first kappa shape index (κ1) is 40.6. The first-order valence-electron chi connectivity index (χ1n) is 17.3. The zero-order valence-corrected chi connectivity index (χ0v) is 31.9. The fourth-order valence-electron chi connectivity index (χ4n) is 5.55. The van der Waals surface area contributed by atoms with Crippen molar-refractivity contribution in [2.45, 2.75) is 124 Å². The zero-order valence-electron chi connectivity index (χ0n) is 31.9. The second-order valence-electron chi connectivity index (χ2n) is 16.0. The predicted molar refractivity (Wildman–Crippen MR) is 198 cm³/mol. The first-order chi connectivity index (χ1) is 23.5. The summed E-state index contributed by atoms with van der Waals surface area (Å²) in [5, 5.41) is 15.6. The van der Waals surface area contributed by atoms with Crippen LogP contribution < -0.4 is 10.6 Å². The maximum Gasteiger partial charge on any atom is 0.408 e. The molecule has 3 aromatic rings. The maximum absolute atomic E-state index is 15.0. The van der Waals surface area contributed by atoms with E-state index in [1.165, 1.54) is 17.0 Å². The lowest BCUT2D eigenvalue weighted by Crippen LogP contribution is -2.60. The molecule has 3 unspecified atom stereocenters. The molecule has 0 heterocycles. The Balaban J connectivity index is 2.17. The zero-order chi connectivity index (χ0) is 38.3. The number of phenols is 1. The van der Waals surface area contributed by atoms with E-state index < -0.39 is 58.7 Å². The Bertz CT molecular complexity index is 1670. The molecule has 0 bridgehead atoms. The van der Waals surface area contributed by atoms with Gasteiger partial charge in [0.1, 0.15) is 35.1 Å². The molecule has 0 aliphatic heterocycles. The van der Waals surface area contributed by atoms with Gasteiger partial charge in [-0.3, -0.25) is 9.59 Å². The summed E-state index contributed by atoms with van der Waals surface area (Å²) in [4.78, 5) is 58.0. The lowest BCUT2D eigenvalue weighted by atomic mass is 9.92. The molecule has 0 aromatic heterocycles. The van der Waals surface area contributed by atoms with Gasteiger partial charge < -0.3 is 30.1 Å². The van der Waals surface area contributed by atoms with Crippen LogP contribution in [0.1, 0.15) is 96.2 Å². The van der Waals surface area contributed by atoms with Gasteiger partial charge in [-0.2, -0.15) is 0 Å². The number of benzene rings is 3. The third-order valence-corrected chi connectivity index (χ3v) is 7.97. The second-order valence-corrected chi connectivity index (χ2v) is 16.0. The molecule has 3 rings (SSSR count). The SMILES string of the molecule is Cc1ccc(C(C(=O)NC(Cc2ccccc2)C(=O)OC(C)(C)C)N(C(=O)C(Cc2ccc(O)cc2)NC(=O)OC(C)(C)C)C(C)(C)C)cc1C. The Morgan fingerprint density at radius 1 is 0.686 bits per heavy atom. The number of amides is 3. The van der Waals surface area contributed by atoms with Crippen LogP contribution >= 0.6 is 0 Å². The molecule has 3 atom stereocenters. The van der Waals surface area contributed by atoms with Crippen LogP contribution in [0.2, 0.25) is 0 Å². The second kappa shape index (κ2) is 16.4. The van der Waals surface area contributed by atoms with Crippen molar-refractivity contribution in [3.63, 3.8) is 0 Å². The van der Waals surface area contributed by atoms with Crippen molar-refractivity contribution < 1.29 is 33.8 Å². The smallest absolute Gasteiger partial charge is 0.408 e. The Labute approximate surface area is 302 Å². The molecule has 0 aliphatic rings. The molecule has 0 saturated carbocycles. The van der Waals surface area contributed by atoms with Gasteiger partial charge in [0.2, 0.25) is 11.8 Å². The molecule has 0 aliphatic carbocycles. The third-order valence-electron chi connectivity index (χ3n) is 7.97. The van der Waals surface area contributed by atoms with Crippen molar-refractivity contribution in [1.82, 2.24) is 15.5 Å². The van der Waals surface area contributed by atoms with Crippen LogP contribution in [0.5, 0.6) is 5.75 Å². The summed E-state index contributed by atoms with van der Waals surface area (Å²) in [6, 6.07) is 17.7. The molecular weight excluding hydrogens is 646 g/mol. The van der Waals surface area contributed by atoms with E-state index in [1.807, 2.05) is 77.1 Å². The third kappa shape index (κ3) is 12.5. The maximum atomic E-state index is 15.0. The standard InChI is InChI=1S/C41H55N3O7/c1-26-17-20-30(23-27(26)2)34(35(46)42-33(37(48)50-40(6,7)8)25-28-15-13-12-14-16-28)44(39(3,4)5)36(47)32(43-38(49)51-41(9,10)11)24-29-18-21-31(45)22-19-29/h12-23,32-34,45H,24-25H2,1-11H3,(H,42,46)(H,43,49). The average Bonchev–Trinajstić information content (AvgIpc) is 2.99. The lowest BCUT2D eigenvalue weighted by Gasteiger charge is -2.43. The molecule has 0 spiro atoms. The van der Waals surface area contributed by atoms with E-state index in [-0.39, 0.29) is 18.6 Å². The predicted octanol–water partition coefficient (Wildman–Crippen LogP) is 6.88. The monoisotopic (exact) mass is 701 g/mol. The highest BCUT2D eigenvalue weighted by Crippen LogP contribution is 2.32. The van der Waals surface area contributed by atoms with Crippen LogP contribution in [0.15, 0.2) is 72.8 Å². The minimum absolute atomic E-state index is 0.0424. The number of hydrogen-bond acceptors (Lipinski definition) is 7. The van der Waals surface area contributed by atoms with Crippen LogP contribution in [0.4, 0.5) is 4.79 Å². The number of rotatable bonds is 11. The molecule has 51 heavy (non-hydrogen) atoms. The van der Waals surface area contributed by atoms with Crippen LogP contribution in [-0.4, -0.2) is 62.7 Å². The van der Waals surface area contributed by atoms with Crippen LogP contribution in [0.25, 0.3) is 0 Å². The normalized spacial score (nSPS) is 13.7. The Morgan fingerprint density at radius 2 is 1.24 bits per heavy atom. The number of phenolic OH excluding ortho intramolecular Hbond substituents is 1. The fourth-order valence-corrected chi connectivity index (χ4v) is 5.55. The molecule has 0 saturated heterocycles. The summed E-state index contributed by atoms with van der Waals surface area (Å²) in [6.45, 7) is 19.8. The number of nitrogens with zero attached hydrogens (tertiary/aromatic N) is 1. The first-order valence-corrected chi connectivity index (χ1v) is 17.3. The highest BCUT2D eigenvalue weighted by atomic mass is 16.6. The summed E-state index contributed by atoms with van der Waals surface area (Å²) in [7, 11) is 0. The summed E-state index contributed by atoms with van der Waals surface area (Å²) >= 11 is 0. The van der Waals surface area contributed by atoms with Gasteiger partial charge in [0, 0.05) is 18.4 Å². The number of hydrogen-bond donors (Lipinski definition) is 3. The van der Waals surface area contributed by atoms with Gasteiger partial charge in [-0.05, 0) is 116 Å². The quantitative estimate of drug-likeness (QED) is 0.186. The van der Waals surface area contributed by atoms with E-state index in [0.717, 1.165) is 16.7 Å². The summed E-state index contributed by atoms with van der Waals surface area (Å²) in [5.74, 6) is -1.69. The van der Waals surface area contributed by atoms with E-state index in [4.69, 9.17) is 9.47 Å². The Morgan fingerprint density at radius 3 is 1.76 bits per heavy atom. The molecule has 10 heteroatoms. The van der Waals surface area contributed by atoms with Gasteiger partial charge in [-0.1, -0.05) is 60.7 Å². The number of ether oxygens (including phenoxy) is 2. The minimum atomic E-state index is -1.22. The van der Waals surface area contributed by atoms with E-state index >= 15 is 0 Å². The molecule has 10 nitrogen and oxygen atoms in total. The molecule has 3 aromatic carbocycles. The Kier molecular flexibility index (Phi) is 13.1. The average molecular weight is 702 g/mol. The highest BCUT2D eigenvalue weighted by molar-refractivity contribution is 5.94. The van der Waals surface area contributed by atoms with Crippen molar-refractivity contribution in [2.75, 3.05) is 0 Å². The van der Waals surface area contributed by atoms with Gasteiger partial charge in [-0.15, -0.1) is 0 Å². The van der Waals surface area contributed by atoms with Crippen LogP contribution in [0.3, 0.4) is 0 Å². The van der Waals surface area contributed by atoms with Crippen molar-refractivity contribution in [2.24, 2.45) is 0 Å². The van der Waals surface area contributed by atoms with E-state index in [9.17, 15) is 24.3 Å². The van der Waals surface area contributed by atoms with Crippen molar-refractivity contribution in [1.29, 1.82) is 0 Å². The number of alkyl carbamates (subject to hydrolysis) is 1. The molecular formula is C41H55N3O7. The molecule has 0 fully saturated rings. The largest absolute Gasteiger partial charge is 0.508 e. The summed E-state index contributed by atoms with van der Waals surface area (Å²) in [6.07, 6.45) is -0.594. The number of carbonyl (C=O) groups excluding carboxylic acids is 4. The van der Waals surface area contributed by atoms with Gasteiger partial charge in [-0.25, -0.2) is 9.59 Å². The van der Waals surface area contributed by atoms with Crippen molar-refractivity contribution >= 4 is 23.9 Å². The molecule has 0 radical (unpaired) electrons.